The van der Waals surface area contributed by atoms with Gasteiger partial charge in [0.25, 0.3) is 0 Å². The molecule has 1 aliphatic rings. The lowest BCUT2D eigenvalue weighted by Crippen LogP contribution is -2.37. The number of aromatic nitrogens is 2. The Hall–Kier alpha value is -1.64. The first kappa shape index (κ1) is 22.6. The van der Waals surface area contributed by atoms with Crippen LogP contribution in [0.2, 0.25) is 10.0 Å². The quantitative estimate of drug-likeness (QED) is 0.324. The van der Waals surface area contributed by atoms with Crippen molar-refractivity contribution in [2.75, 3.05) is 18.4 Å². The molecule has 1 N–H and O–H groups in total. The van der Waals surface area contributed by atoms with Gasteiger partial charge in [-0.1, -0.05) is 82.7 Å². The molecule has 5 nitrogen and oxygen atoms in total. The average molecular weight is 493 g/mol. The maximum Gasteiger partial charge on any atom is 0.229 e. The van der Waals surface area contributed by atoms with Gasteiger partial charge in [-0.25, -0.2) is 0 Å². The second-order valence-electron chi connectivity index (χ2n) is 7.39. The minimum absolute atomic E-state index is 0.0196. The molecule has 9 heteroatoms. The van der Waals surface area contributed by atoms with Gasteiger partial charge in [-0.2, -0.15) is 0 Å². The highest BCUT2D eigenvalue weighted by Gasteiger charge is 2.26. The van der Waals surface area contributed by atoms with Crippen LogP contribution in [0.3, 0.4) is 0 Å². The molecule has 162 valence electrons. The summed E-state index contributed by atoms with van der Waals surface area (Å²) in [5.41, 5.74) is 2.18. The third-order valence-corrected chi connectivity index (χ3v) is 7.99. The van der Waals surface area contributed by atoms with Crippen molar-refractivity contribution in [2.45, 2.75) is 29.5 Å². The zero-order valence-corrected chi connectivity index (χ0v) is 19.9. The minimum atomic E-state index is -0.0257. The number of anilines is 1. The largest absolute Gasteiger partial charge is 0.300 e. The van der Waals surface area contributed by atoms with E-state index < -0.39 is 0 Å². The first-order chi connectivity index (χ1) is 15.1. The Balaban J connectivity index is 1.24. The van der Waals surface area contributed by atoms with Gasteiger partial charge in [-0.3, -0.25) is 9.69 Å². The maximum absolute atomic E-state index is 12.7. The summed E-state index contributed by atoms with van der Waals surface area (Å²) in [5.74, 6) is 0.825. The van der Waals surface area contributed by atoms with Crippen LogP contribution in [0.25, 0.3) is 0 Å². The first-order valence-corrected chi connectivity index (χ1v) is 12.6. The van der Waals surface area contributed by atoms with Crippen LogP contribution in [-0.2, 0) is 17.1 Å². The van der Waals surface area contributed by atoms with E-state index in [1.807, 2.05) is 36.4 Å². The molecule has 31 heavy (non-hydrogen) atoms. The number of nitrogens with one attached hydrogen (secondary N) is 1. The Kier molecular flexibility index (Phi) is 7.85. The molecule has 2 aromatic carbocycles. The van der Waals surface area contributed by atoms with Crippen molar-refractivity contribution in [3.05, 3.63) is 69.7 Å². The number of likely N-dealkylation sites (tertiary alicyclic amines) is 1. The van der Waals surface area contributed by atoms with Crippen LogP contribution in [0.15, 0.2) is 52.9 Å². The molecule has 0 unspecified atom stereocenters. The summed E-state index contributed by atoms with van der Waals surface area (Å²) in [6, 6.07) is 15.8. The van der Waals surface area contributed by atoms with Crippen molar-refractivity contribution < 1.29 is 4.79 Å². The summed E-state index contributed by atoms with van der Waals surface area (Å²) >= 11 is 15.6. The molecule has 1 saturated heterocycles. The van der Waals surface area contributed by atoms with E-state index in [1.165, 1.54) is 16.9 Å². The molecule has 1 aromatic heterocycles. The van der Waals surface area contributed by atoms with Gasteiger partial charge in [0.15, 0.2) is 4.34 Å². The molecule has 0 saturated carbocycles. The number of thioether (sulfide) groups is 1. The molecule has 0 aliphatic carbocycles. The maximum atomic E-state index is 12.7. The minimum Gasteiger partial charge on any atom is -0.300 e. The molecular formula is C22H22Cl2N4OS2. The molecule has 0 spiro atoms. The number of piperidine rings is 1. The Morgan fingerprint density at radius 2 is 1.77 bits per heavy atom. The van der Waals surface area contributed by atoms with Crippen molar-refractivity contribution in [1.82, 2.24) is 15.1 Å². The van der Waals surface area contributed by atoms with Gasteiger partial charge < -0.3 is 5.32 Å². The second-order valence-corrected chi connectivity index (χ2v) is 10.4. The number of benzene rings is 2. The number of amides is 1. The van der Waals surface area contributed by atoms with Crippen LogP contribution >= 0.6 is 46.3 Å². The van der Waals surface area contributed by atoms with Crippen LogP contribution in [0.1, 0.15) is 24.0 Å². The van der Waals surface area contributed by atoms with E-state index in [0.717, 1.165) is 41.6 Å². The monoisotopic (exact) mass is 492 g/mol. The van der Waals surface area contributed by atoms with E-state index >= 15 is 0 Å². The highest BCUT2D eigenvalue weighted by molar-refractivity contribution is 8.00. The third kappa shape index (κ3) is 6.20. The van der Waals surface area contributed by atoms with E-state index in [-0.39, 0.29) is 11.8 Å². The summed E-state index contributed by atoms with van der Waals surface area (Å²) in [6.45, 7) is 2.35. The van der Waals surface area contributed by atoms with Crippen molar-refractivity contribution in [2.24, 2.45) is 5.92 Å². The summed E-state index contributed by atoms with van der Waals surface area (Å²) in [5, 5.41) is 13.2. The van der Waals surface area contributed by atoms with Crippen molar-refractivity contribution in [3.63, 3.8) is 0 Å². The van der Waals surface area contributed by atoms with Gasteiger partial charge in [0, 0.05) is 33.8 Å². The lowest BCUT2D eigenvalue weighted by atomic mass is 9.95. The summed E-state index contributed by atoms with van der Waals surface area (Å²) in [7, 11) is 0. The molecular weight excluding hydrogens is 471 g/mol. The number of hydrogen-bond acceptors (Lipinski definition) is 6. The van der Waals surface area contributed by atoms with Gasteiger partial charge in [0.05, 0.1) is 0 Å². The number of carbonyl (C=O) groups excluding carboxylic acids is 1. The molecule has 2 heterocycles. The fourth-order valence-electron chi connectivity index (χ4n) is 3.51. The van der Waals surface area contributed by atoms with E-state index in [0.29, 0.717) is 21.7 Å². The zero-order valence-electron chi connectivity index (χ0n) is 16.8. The third-order valence-electron chi connectivity index (χ3n) is 5.24. The first-order valence-electron chi connectivity index (χ1n) is 10.0. The van der Waals surface area contributed by atoms with Gasteiger partial charge >= 0.3 is 0 Å². The van der Waals surface area contributed by atoms with Gasteiger partial charge in [-0.15, -0.1) is 10.2 Å². The Bertz CT molecular complexity index is 1000. The SMILES string of the molecule is O=C(Nc1nnc(SCc2ccccc2)s1)C1CCN(Cc2c(Cl)cccc2Cl)CC1. The topological polar surface area (TPSA) is 58.1 Å². The lowest BCUT2D eigenvalue weighted by molar-refractivity contribution is -0.121. The summed E-state index contributed by atoms with van der Waals surface area (Å²) in [6.07, 6.45) is 1.59. The molecule has 1 amide bonds. The van der Waals surface area contributed by atoms with E-state index in [2.05, 4.69) is 32.5 Å². The van der Waals surface area contributed by atoms with Crippen molar-refractivity contribution in [3.8, 4) is 0 Å². The van der Waals surface area contributed by atoms with E-state index in [9.17, 15) is 4.79 Å². The standard InChI is InChI=1S/C22H22Cl2N4OS2/c23-18-7-4-8-19(24)17(18)13-28-11-9-16(10-12-28)20(29)25-21-26-27-22(31-21)30-14-15-5-2-1-3-6-15/h1-8,16H,9-14H2,(H,25,26,29). The van der Waals surface area contributed by atoms with Crippen LogP contribution in [0.5, 0.6) is 0 Å². The van der Waals surface area contributed by atoms with Crippen LogP contribution in [-0.4, -0.2) is 34.1 Å². The molecule has 0 atom stereocenters. The molecule has 3 aromatic rings. The predicted octanol–water partition coefficient (Wildman–Crippen LogP) is 5.99. The fraction of sp³-hybridized carbons (Fsp3) is 0.318. The Labute approximate surface area is 200 Å². The number of rotatable bonds is 7. The number of carbonyl (C=O) groups is 1. The smallest absolute Gasteiger partial charge is 0.229 e. The molecule has 4 rings (SSSR count). The van der Waals surface area contributed by atoms with Crippen molar-refractivity contribution >= 4 is 57.3 Å². The van der Waals surface area contributed by atoms with Gasteiger partial charge in [0.1, 0.15) is 0 Å². The molecule has 1 fully saturated rings. The average Bonchev–Trinajstić information content (AvgIpc) is 3.23. The molecule has 0 radical (unpaired) electrons. The van der Waals surface area contributed by atoms with Gasteiger partial charge in [0.2, 0.25) is 11.0 Å². The highest BCUT2D eigenvalue weighted by atomic mass is 35.5. The highest BCUT2D eigenvalue weighted by Crippen LogP contribution is 2.30. The summed E-state index contributed by atoms with van der Waals surface area (Å²) < 4.78 is 0.852. The number of hydrogen-bond donors (Lipinski definition) is 1. The number of halogens is 2. The predicted molar refractivity (Wildman–Crippen MR) is 129 cm³/mol. The van der Waals surface area contributed by atoms with Gasteiger partial charge in [-0.05, 0) is 43.6 Å². The number of nitrogens with zero attached hydrogens (tertiary/aromatic N) is 3. The van der Waals surface area contributed by atoms with Crippen LogP contribution < -0.4 is 5.32 Å². The molecule has 1 aliphatic heterocycles. The zero-order chi connectivity index (χ0) is 21.6. The fourth-order valence-corrected chi connectivity index (χ4v) is 5.73. The lowest BCUT2D eigenvalue weighted by Gasteiger charge is -2.31. The van der Waals surface area contributed by atoms with E-state index in [1.54, 1.807) is 11.8 Å². The van der Waals surface area contributed by atoms with Crippen LogP contribution in [0.4, 0.5) is 5.13 Å². The molecule has 0 bridgehead atoms. The Morgan fingerprint density at radius 3 is 2.48 bits per heavy atom. The van der Waals surface area contributed by atoms with Crippen LogP contribution in [0, 0.1) is 5.92 Å². The van der Waals surface area contributed by atoms with Crippen molar-refractivity contribution in [1.29, 1.82) is 0 Å². The normalized spacial score (nSPS) is 15.2. The second kappa shape index (κ2) is 10.8. The van der Waals surface area contributed by atoms with E-state index in [4.69, 9.17) is 23.2 Å². The Morgan fingerprint density at radius 1 is 1.06 bits per heavy atom. The summed E-state index contributed by atoms with van der Waals surface area (Å²) in [4.78, 5) is 15.0.